The molecule has 0 amide bonds. The number of nitrogens with two attached hydrogens (primary N) is 1. The Bertz CT molecular complexity index is 455. The fourth-order valence-corrected chi connectivity index (χ4v) is 2.40. The molecule has 0 aliphatic heterocycles. The normalized spacial score (nSPS) is 10.7. The Morgan fingerprint density at radius 3 is 3.00 bits per heavy atom. The number of pyridine rings is 1. The van der Waals surface area contributed by atoms with Crippen molar-refractivity contribution in [2.75, 3.05) is 13.1 Å². The summed E-state index contributed by atoms with van der Waals surface area (Å²) in [5.41, 5.74) is 7.46. The molecule has 5 heteroatoms. The summed E-state index contributed by atoms with van der Waals surface area (Å²) in [7, 11) is 0. The Kier molecular flexibility index (Phi) is 5.26. The first kappa shape index (κ1) is 13.1. The standard InChI is InChI=1S/C13H18N4S/c14-6-2-4-7-15-9-11-10-18-13(17-11)12-5-1-3-8-16-12/h1,3,5,8,10,15H,2,4,6-7,9,14H2. The lowest BCUT2D eigenvalue weighted by Crippen LogP contribution is -2.16. The largest absolute Gasteiger partial charge is 0.330 e. The number of unbranched alkanes of at least 4 members (excludes halogenated alkanes) is 1. The molecule has 0 aliphatic rings. The molecule has 0 spiro atoms. The second-order valence-corrected chi connectivity index (χ2v) is 4.89. The quantitative estimate of drug-likeness (QED) is 0.749. The highest BCUT2D eigenvalue weighted by Crippen LogP contribution is 2.20. The lowest BCUT2D eigenvalue weighted by molar-refractivity contribution is 0.622. The van der Waals surface area contributed by atoms with Crippen molar-refractivity contribution in [2.45, 2.75) is 19.4 Å². The van der Waals surface area contributed by atoms with E-state index in [4.69, 9.17) is 5.73 Å². The van der Waals surface area contributed by atoms with Crippen LogP contribution in [0.1, 0.15) is 18.5 Å². The van der Waals surface area contributed by atoms with Gasteiger partial charge in [-0.25, -0.2) is 4.98 Å². The summed E-state index contributed by atoms with van der Waals surface area (Å²) < 4.78 is 0. The van der Waals surface area contributed by atoms with E-state index in [-0.39, 0.29) is 0 Å². The number of hydrogen-bond donors (Lipinski definition) is 2. The van der Waals surface area contributed by atoms with E-state index in [0.717, 1.165) is 48.9 Å². The Morgan fingerprint density at radius 1 is 1.28 bits per heavy atom. The molecule has 3 N–H and O–H groups in total. The number of nitrogens with zero attached hydrogens (tertiary/aromatic N) is 2. The van der Waals surface area contributed by atoms with Gasteiger partial charge in [0.2, 0.25) is 0 Å². The van der Waals surface area contributed by atoms with Gasteiger partial charge >= 0.3 is 0 Å². The Balaban J connectivity index is 1.83. The molecule has 96 valence electrons. The molecule has 0 unspecified atom stereocenters. The smallest absolute Gasteiger partial charge is 0.142 e. The van der Waals surface area contributed by atoms with Crippen LogP contribution in [0.25, 0.3) is 10.7 Å². The fourth-order valence-electron chi connectivity index (χ4n) is 1.61. The summed E-state index contributed by atoms with van der Waals surface area (Å²) in [6.45, 7) is 2.57. The van der Waals surface area contributed by atoms with Crippen LogP contribution in [0.4, 0.5) is 0 Å². The number of nitrogens with one attached hydrogen (secondary N) is 1. The van der Waals surface area contributed by atoms with Crippen LogP contribution in [-0.2, 0) is 6.54 Å². The first-order valence-corrected chi connectivity index (χ1v) is 7.04. The van der Waals surface area contributed by atoms with Crippen molar-refractivity contribution < 1.29 is 0 Å². The summed E-state index contributed by atoms with van der Waals surface area (Å²) >= 11 is 1.64. The van der Waals surface area contributed by atoms with Crippen LogP contribution in [-0.4, -0.2) is 23.1 Å². The van der Waals surface area contributed by atoms with E-state index in [1.165, 1.54) is 0 Å². The molecule has 0 radical (unpaired) electrons. The van der Waals surface area contributed by atoms with Crippen LogP contribution in [0.2, 0.25) is 0 Å². The molecule has 18 heavy (non-hydrogen) atoms. The van der Waals surface area contributed by atoms with Gasteiger partial charge in [0.05, 0.1) is 11.4 Å². The van der Waals surface area contributed by atoms with Gasteiger partial charge in [0.15, 0.2) is 0 Å². The molecule has 2 heterocycles. The molecule has 2 aromatic heterocycles. The minimum atomic E-state index is 0.766. The van der Waals surface area contributed by atoms with Gasteiger partial charge in [-0.1, -0.05) is 6.07 Å². The highest BCUT2D eigenvalue weighted by Gasteiger charge is 2.04. The third-order valence-electron chi connectivity index (χ3n) is 2.55. The minimum Gasteiger partial charge on any atom is -0.330 e. The third-order valence-corrected chi connectivity index (χ3v) is 3.46. The summed E-state index contributed by atoms with van der Waals surface area (Å²) in [6.07, 6.45) is 3.98. The maximum atomic E-state index is 5.44. The highest BCUT2D eigenvalue weighted by molar-refractivity contribution is 7.13. The highest BCUT2D eigenvalue weighted by atomic mass is 32.1. The predicted molar refractivity (Wildman–Crippen MR) is 75.3 cm³/mol. The summed E-state index contributed by atoms with van der Waals surface area (Å²) in [5, 5.41) is 6.43. The average molecular weight is 262 g/mol. The second-order valence-electron chi connectivity index (χ2n) is 4.03. The summed E-state index contributed by atoms with van der Waals surface area (Å²) in [5.74, 6) is 0. The van der Waals surface area contributed by atoms with Gasteiger partial charge in [0, 0.05) is 18.1 Å². The zero-order valence-electron chi connectivity index (χ0n) is 10.3. The third kappa shape index (κ3) is 3.87. The molecule has 0 fully saturated rings. The van der Waals surface area contributed by atoms with Crippen molar-refractivity contribution in [3.8, 4) is 10.7 Å². The number of hydrogen-bond acceptors (Lipinski definition) is 5. The van der Waals surface area contributed by atoms with E-state index < -0.39 is 0 Å². The van der Waals surface area contributed by atoms with Crippen molar-refractivity contribution in [1.29, 1.82) is 0 Å². The van der Waals surface area contributed by atoms with Crippen molar-refractivity contribution in [3.05, 3.63) is 35.5 Å². The van der Waals surface area contributed by atoms with Crippen LogP contribution >= 0.6 is 11.3 Å². The van der Waals surface area contributed by atoms with E-state index in [2.05, 4.69) is 20.7 Å². The van der Waals surface area contributed by atoms with Crippen molar-refractivity contribution in [2.24, 2.45) is 5.73 Å². The lowest BCUT2D eigenvalue weighted by Gasteiger charge is -2.01. The molecule has 2 rings (SSSR count). The Morgan fingerprint density at radius 2 is 2.22 bits per heavy atom. The molecule has 0 saturated heterocycles. The van der Waals surface area contributed by atoms with Gasteiger partial charge in [0.25, 0.3) is 0 Å². The Hall–Kier alpha value is -1.30. The van der Waals surface area contributed by atoms with E-state index in [1.54, 1.807) is 17.5 Å². The number of rotatable bonds is 7. The van der Waals surface area contributed by atoms with E-state index in [0.29, 0.717) is 0 Å². The molecule has 0 aliphatic carbocycles. The number of thiazole rings is 1. The van der Waals surface area contributed by atoms with E-state index in [1.807, 2.05) is 18.2 Å². The van der Waals surface area contributed by atoms with E-state index in [9.17, 15) is 0 Å². The van der Waals surface area contributed by atoms with Crippen molar-refractivity contribution >= 4 is 11.3 Å². The molecule has 0 atom stereocenters. The topological polar surface area (TPSA) is 63.8 Å². The maximum absolute atomic E-state index is 5.44. The fraction of sp³-hybridized carbons (Fsp3) is 0.385. The average Bonchev–Trinajstić information content (AvgIpc) is 2.88. The monoisotopic (exact) mass is 262 g/mol. The van der Waals surface area contributed by atoms with Gasteiger partial charge < -0.3 is 11.1 Å². The molecule has 0 bridgehead atoms. The first-order chi connectivity index (χ1) is 8.90. The number of aromatic nitrogens is 2. The Labute approximate surface area is 111 Å². The summed E-state index contributed by atoms with van der Waals surface area (Å²) in [6, 6.07) is 5.88. The van der Waals surface area contributed by atoms with Crippen LogP contribution in [0.15, 0.2) is 29.8 Å². The molecular formula is C13H18N4S. The van der Waals surface area contributed by atoms with Crippen LogP contribution in [0, 0.1) is 0 Å². The molecule has 4 nitrogen and oxygen atoms in total. The second kappa shape index (κ2) is 7.20. The maximum Gasteiger partial charge on any atom is 0.142 e. The van der Waals surface area contributed by atoms with Gasteiger partial charge in [-0.2, -0.15) is 0 Å². The minimum absolute atomic E-state index is 0.766. The summed E-state index contributed by atoms with van der Waals surface area (Å²) in [4.78, 5) is 8.86. The van der Waals surface area contributed by atoms with Crippen molar-refractivity contribution in [3.63, 3.8) is 0 Å². The van der Waals surface area contributed by atoms with Crippen LogP contribution in [0.3, 0.4) is 0 Å². The van der Waals surface area contributed by atoms with Crippen LogP contribution < -0.4 is 11.1 Å². The first-order valence-electron chi connectivity index (χ1n) is 6.17. The molecular weight excluding hydrogens is 244 g/mol. The lowest BCUT2D eigenvalue weighted by atomic mass is 10.3. The van der Waals surface area contributed by atoms with Gasteiger partial charge in [-0.15, -0.1) is 11.3 Å². The zero-order chi connectivity index (χ0) is 12.6. The SMILES string of the molecule is NCCCCNCc1csc(-c2ccccn2)n1. The molecule has 0 aromatic carbocycles. The molecule has 0 saturated carbocycles. The van der Waals surface area contributed by atoms with Gasteiger partial charge in [-0.3, -0.25) is 4.98 Å². The van der Waals surface area contributed by atoms with Gasteiger partial charge in [0.1, 0.15) is 5.01 Å². The zero-order valence-corrected chi connectivity index (χ0v) is 11.1. The molecule has 2 aromatic rings. The van der Waals surface area contributed by atoms with E-state index >= 15 is 0 Å². The van der Waals surface area contributed by atoms with Gasteiger partial charge in [-0.05, 0) is 38.1 Å². The van der Waals surface area contributed by atoms with Crippen LogP contribution in [0.5, 0.6) is 0 Å². The van der Waals surface area contributed by atoms with Crippen molar-refractivity contribution in [1.82, 2.24) is 15.3 Å². The predicted octanol–water partition coefficient (Wildman–Crippen LogP) is 2.03.